The number of aromatic nitrogens is 3. The second kappa shape index (κ2) is 9.50. The first-order valence-electron chi connectivity index (χ1n) is 8.43. The highest BCUT2D eigenvalue weighted by molar-refractivity contribution is 8.00. The highest BCUT2D eigenvalue weighted by atomic mass is 35.5. The zero-order valence-electron chi connectivity index (χ0n) is 15.4. The van der Waals surface area contributed by atoms with Crippen molar-refractivity contribution in [1.82, 2.24) is 14.9 Å². The standard InChI is InChI=1S/C18H15Cl2F2N5O2S/c1-9(16(28)24-14-8-11(19)4-7-13(14)20)30-18-26-25-15(27(18)23)10-2-5-12(6-3-10)29-17(21)22/h2-9,17H,23H2,1H3,(H,24,28). The topological polar surface area (TPSA) is 95.1 Å². The van der Waals surface area contributed by atoms with Crippen molar-refractivity contribution < 1.29 is 18.3 Å². The molecular formula is C18H15Cl2F2N5O2S. The Labute approximate surface area is 184 Å². The number of nitrogens with two attached hydrogens (primary N) is 1. The van der Waals surface area contributed by atoms with Crippen LogP contribution in [0.2, 0.25) is 10.0 Å². The lowest BCUT2D eigenvalue weighted by Crippen LogP contribution is -2.23. The fourth-order valence-electron chi connectivity index (χ4n) is 2.38. The average molecular weight is 474 g/mol. The summed E-state index contributed by atoms with van der Waals surface area (Å²) in [6.45, 7) is -1.24. The van der Waals surface area contributed by atoms with Gasteiger partial charge < -0.3 is 15.9 Å². The molecule has 1 amide bonds. The van der Waals surface area contributed by atoms with Gasteiger partial charge in [0.15, 0.2) is 5.82 Å². The van der Waals surface area contributed by atoms with Gasteiger partial charge >= 0.3 is 6.61 Å². The van der Waals surface area contributed by atoms with E-state index in [0.29, 0.717) is 27.1 Å². The first-order valence-corrected chi connectivity index (χ1v) is 10.1. The molecule has 3 rings (SSSR count). The van der Waals surface area contributed by atoms with Crippen LogP contribution in [-0.2, 0) is 4.79 Å². The molecule has 30 heavy (non-hydrogen) atoms. The van der Waals surface area contributed by atoms with E-state index in [1.807, 2.05) is 0 Å². The summed E-state index contributed by atoms with van der Waals surface area (Å²) in [5, 5.41) is 11.2. The first-order chi connectivity index (χ1) is 14.2. The lowest BCUT2D eigenvalue weighted by atomic mass is 10.2. The molecule has 1 unspecified atom stereocenters. The van der Waals surface area contributed by atoms with E-state index in [-0.39, 0.29) is 16.8 Å². The van der Waals surface area contributed by atoms with Crippen molar-refractivity contribution in [2.45, 2.75) is 23.9 Å². The fraction of sp³-hybridized carbons (Fsp3) is 0.167. The van der Waals surface area contributed by atoms with E-state index in [1.54, 1.807) is 25.1 Å². The van der Waals surface area contributed by atoms with Crippen LogP contribution in [0, 0.1) is 0 Å². The normalized spacial score (nSPS) is 12.1. The lowest BCUT2D eigenvalue weighted by Gasteiger charge is -2.13. The summed E-state index contributed by atoms with van der Waals surface area (Å²) in [7, 11) is 0. The summed E-state index contributed by atoms with van der Waals surface area (Å²) in [6.07, 6.45) is 0. The van der Waals surface area contributed by atoms with E-state index in [9.17, 15) is 13.6 Å². The number of rotatable bonds is 7. The molecule has 1 aromatic heterocycles. The van der Waals surface area contributed by atoms with Gasteiger partial charge in [-0.3, -0.25) is 4.79 Å². The molecule has 7 nitrogen and oxygen atoms in total. The van der Waals surface area contributed by atoms with Crippen molar-refractivity contribution >= 4 is 46.6 Å². The van der Waals surface area contributed by atoms with Gasteiger partial charge in [0.05, 0.1) is 16.0 Å². The second-order valence-corrected chi connectivity index (χ2v) is 8.10. The number of halogens is 4. The molecule has 0 aliphatic rings. The van der Waals surface area contributed by atoms with E-state index >= 15 is 0 Å². The van der Waals surface area contributed by atoms with Crippen LogP contribution in [0.4, 0.5) is 14.5 Å². The largest absolute Gasteiger partial charge is 0.435 e. The Morgan fingerprint density at radius 3 is 2.57 bits per heavy atom. The smallest absolute Gasteiger partial charge is 0.387 e. The fourth-order valence-corrected chi connectivity index (χ4v) is 3.49. The van der Waals surface area contributed by atoms with Gasteiger partial charge in [-0.25, -0.2) is 4.68 Å². The van der Waals surface area contributed by atoms with E-state index < -0.39 is 11.9 Å². The Kier molecular flexibility index (Phi) is 7.01. The van der Waals surface area contributed by atoms with Crippen LogP contribution in [0.3, 0.4) is 0 Å². The number of ether oxygens (including phenoxy) is 1. The number of hydrogen-bond acceptors (Lipinski definition) is 6. The van der Waals surface area contributed by atoms with Crippen molar-refractivity contribution in [2.75, 3.05) is 11.2 Å². The van der Waals surface area contributed by atoms with E-state index in [2.05, 4.69) is 20.3 Å². The van der Waals surface area contributed by atoms with Crippen LogP contribution in [-0.4, -0.2) is 32.6 Å². The summed E-state index contributed by atoms with van der Waals surface area (Å²) in [5.74, 6) is 6.03. The molecule has 0 radical (unpaired) electrons. The monoisotopic (exact) mass is 473 g/mol. The Hall–Kier alpha value is -2.56. The molecule has 3 aromatic rings. The third-order valence-corrected chi connectivity index (χ3v) is 5.46. The minimum absolute atomic E-state index is 0.0106. The SMILES string of the molecule is CC(Sc1nnc(-c2ccc(OC(F)F)cc2)n1N)C(=O)Nc1cc(Cl)ccc1Cl. The summed E-state index contributed by atoms with van der Waals surface area (Å²) >= 11 is 13.1. The third kappa shape index (κ3) is 5.32. The van der Waals surface area contributed by atoms with Gasteiger partial charge in [0.1, 0.15) is 5.75 Å². The van der Waals surface area contributed by atoms with Crippen LogP contribution >= 0.6 is 35.0 Å². The summed E-state index contributed by atoms with van der Waals surface area (Å²) in [6, 6.07) is 10.5. The van der Waals surface area contributed by atoms with Crippen molar-refractivity contribution in [1.29, 1.82) is 0 Å². The molecule has 0 bridgehead atoms. The molecule has 2 aromatic carbocycles. The number of alkyl halides is 2. The van der Waals surface area contributed by atoms with Gasteiger partial charge in [-0.1, -0.05) is 35.0 Å². The predicted octanol–water partition coefficient (Wildman–Crippen LogP) is 4.69. The number of nitrogen functional groups attached to an aromatic ring is 1. The molecule has 0 fully saturated rings. The molecule has 158 valence electrons. The number of nitrogens with zero attached hydrogens (tertiary/aromatic N) is 3. The molecule has 1 atom stereocenters. The van der Waals surface area contributed by atoms with Gasteiger partial charge in [0.2, 0.25) is 11.1 Å². The minimum Gasteiger partial charge on any atom is -0.435 e. The Bertz CT molecular complexity index is 1050. The van der Waals surface area contributed by atoms with Crippen LogP contribution in [0.1, 0.15) is 6.92 Å². The average Bonchev–Trinajstić information content (AvgIpc) is 3.05. The summed E-state index contributed by atoms with van der Waals surface area (Å²) < 4.78 is 30.0. The molecule has 12 heteroatoms. The summed E-state index contributed by atoms with van der Waals surface area (Å²) in [4.78, 5) is 12.5. The maximum absolute atomic E-state index is 12.5. The molecule has 0 aliphatic heterocycles. The van der Waals surface area contributed by atoms with Crippen molar-refractivity contribution in [3.8, 4) is 17.1 Å². The minimum atomic E-state index is -2.91. The number of thioether (sulfide) groups is 1. The van der Waals surface area contributed by atoms with E-state index in [0.717, 1.165) is 11.8 Å². The van der Waals surface area contributed by atoms with Gasteiger partial charge in [-0.15, -0.1) is 10.2 Å². The maximum Gasteiger partial charge on any atom is 0.387 e. The number of carbonyl (C=O) groups excluding carboxylic acids is 1. The van der Waals surface area contributed by atoms with Gasteiger partial charge in [0.25, 0.3) is 0 Å². The zero-order chi connectivity index (χ0) is 21.8. The molecular weight excluding hydrogens is 459 g/mol. The highest BCUT2D eigenvalue weighted by Crippen LogP contribution is 2.29. The quantitative estimate of drug-likeness (QED) is 0.381. The molecule has 0 aliphatic carbocycles. The molecule has 3 N–H and O–H groups in total. The Morgan fingerprint density at radius 1 is 1.20 bits per heavy atom. The number of nitrogens with one attached hydrogen (secondary N) is 1. The van der Waals surface area contributed by atoms with Crippen LogP contribution in [0.25, 0.3) is 11.4 Å². The Morgan fingerprint density at radius 2 is 1.90 bits per heavy atom. The lowest BCUT2D eigenvalue weighted by molar-refractivity contribution is -0.115. The second-order valence-electron chi connectivity index (χ2n) is 5.95. The highest BCUT2D eigenvalue weighted by Gasteiger charge is 2.21. The van der Waals surface area contributed by atoms with Gasteiger partial charge in [0, 0.05) is 10.6 Å². The molecule has 0 saturated heterocycles. The summed E-state index contributed by atoms with van der Waals surface area (Å²) in [5.41, 5.74) is 0.934. The molecule has 1 heterocycles. The number of hydrogen-bond donors (Lipinski definition) is 2. The van der Waals surface area contributed by atoms with Crippen molar-refractivity contribution in [3.63, 3.8) is 0 Å². The number of carbonyl (C=O) groups is 1. The first kappa shape index (κ1) is 22.1. The number of amides is 1. The van der Waals surface area contributed by atoms with E-state index in [1.165, 1.54) is 28.9 Å². The Balaban J connectivity index is 1.69. The predicted molar refractivity (Wildman–Crippen MR) is 113 cm³/mol. The molecule has 0 saturated carbocycles. The number of anilines is 1. The third-order valence-electron chi connectivity index (χ3n) is 3.84. The van der Waals surface area contributed by atoms with E-state index in [4.69, 9.17) is 29.0 Å². The van der Waals surface area contributed by atoms with Crippen LogP contribution in [0.15, 0.2) is 47.6 Å². The zero-order valence-corrected chi connectivity index (χ0v) is 17.7. The van der Waals surface area contributed by atoms with Crippen molar-refractivity contribution in [2.24, 2.45) is 0 Å². The van der Waals surface area contributed by atoms with Crippen LogP contribution in [0.5, 0.6) is 5.75 Å². The van der Waals surface area contributed by atoms with Crippen molar-refractivity contribution in [3.05, 3.63) is 52.5 Å². The van der Waals surface area contributed by atoms with Crippen LogP contribution < -0.4 is 15.9 Å². The van der Waals surface area contributed by atoms with Gasteiger partial charge in [-0.2, -0.15) is 8.78 Å². The number of benzene rings is 2. The maximum atomic E-state index is 12.5. The molecule has 0 spiro atoms. The van der Waals surface area contributed by atoms with Gasteiger partial charge in [-0.05, 0) is 49.4 Å².